The molecule has 6 nitrogen and oxygen atoms in total. The summed E-state index contributed by atoms with van der Waals surface area (Å²) in [5.74, 6) is 0.386. The third-order valence-corrected chi connectivity index (χ3v) is 7.33. The van der Waals surface area contributed by atoms with E-state index in [-0.39, 0.29) is 35.8 Å². The number of fused-ring (bicyclic) bond motifs is 1. The summed E-state index contributed by atoms with van der Waals surface area (Å²) in [5, 5.41) is 8.48. The Bertz CT molecular complexity index is 1020. The summed E-state index contributed by atoms with van der Waals surface area (Å²) in [4.78, 5) is 12.4. The van der Waals surface area contributed by atoms with Crippen LogP contribution in [0.25, 0.3) is 0 Å². The Hall–Kier alpha value is -1.57. The van der Waals surface area contributed by atoms with Gasteiger partial charge in [0.25, 0.3) is 0 Å². The minimum Gasteiger partial charge on any atom is -0.311 e. The fourth-order valence-electron chi connectivity index (χ4n) is 3.85. The Morgan fingerprint density at radius 1 is 1.31 bits per heavy atom. The van der Waals surface area contributed by atoms with Gasteiger partial charge in [-0.1, -0.05) is 29.3 Å². The number of hydrogen-bond donors (Lipinski definition) is 1. The lowest BCUT2D eigenvalue weighted by molar-refractivity contribution is -0.116. The molecule has 138 valence electrons. The van der Waals surface area contributed by atoms with Crippen LogP contribution in [0.4, 0.5) is 5.82 Å². The number of rotatable bonds is 2. The molecule has 2 aromatic rings. The highest BCUT2D eigenvalue weighted by Crippen LogP contribution is 2.43. The fraction of sp³-hybridized carbons (Fsp3) is 0.412. The maximum Gasteiger partial charge on any atom is 0.226 e. The molecule has 0 saturated carbocycles. The van der Waals surface area contributed by atoms with Gasteiger partial charge in [0.2, 0.25) is 5.91 Å². The lowest BCUT2D eigenvalue weighted by atomic mass is 9.85. The van der Waals surface area contributed by atoms with E-state index in [9.17, 15) is 13.2 Å². The van der Waals surface area contributed by atoms with Crippen LogP contribution in [-0.2, 0) is 14.6 Å². The van der Waals surface area contributed by atoms with Crippen molar-refractivity contribution in [1.82, 2.24) is 9.78 Å². The van der Waals surface area contributed by atoms with E-state index >= 15 is 0 Å². The normalized spacial score (nSPS) is 24.3. The summed E-state index contributed by atoms with van der Waals surface area (Å²) in [6.07, 6.45) is 0.752. The van der Waals surface area contributed by atoms with Crippen molar-refractivity contribution in [2.75, 3.05) is 16.8 Å². The third kappa shape index (κ3) is 3.02. The van der Waals surface area contributed by atoms with Gasteiger partial charge in [0.05, 0.1) is 23.2 Å². The van der Waals surface area contributed by atoms with E-state index in [4.69, 9.17) is 23.2 Å². The van der Waals surface area contributed by atoms with Crippen molar-refractivity contribution in [1.29, 1.82) is 0 Å². The summed E-state index contributed by atoms with van der Waals surface area (Å²) in [6, 6.07) is 4.97. The molecule has 1 saturated heterocycles. The molecule has 9 heteroatoms. The molecule has 26 heavy (non-hydrogen) atoms. The van der Waals surface area contributed by atoms with Crippen LogP contribution >= 0.6 is 23.2 Å². The van der Waals surface area contributed by atoms with E-state index in [1.54, 1.807) is 16.8 Å². The van der Waals surface area contributed by atoms with Crippen molar-refractivity contribution in [3.05, 3.63) is 45.1 Å². The van der Waals surface area contributed by atoms with Crippen LogP contribution in [0.2, 0.25) is 10.0 Å². The van der Waals surface area contributed by atoms with Crippen molar-refractivity contribution in [2.45, 2.75) is 31.7 Å². The molecule has 1 N–H and O–H groups in total. The van der Waals surface area contributed by atoms with Gasteiger partial charge in [0, 0.05) is 27.9 Å². The molecule has 3 heterocycles. The first-order chi connectivity index (χ1) is 12.2. The van der Waals surface area contributed by atoms with Crippen LogP contribution in [0.5, 0.6) is 0 Å². The smallest absolute Gasteiger partial charge is 0.226 e. The van der Waals surface area contributed by atoms with Crippen LogP contribution in [0.15, 0.2) is 18.2 Å². The Morgan fingerprint density at radius 3 is 2.73 bits per heavy atom. The SMILES string of the molecule is Cc1nn(C2CCS(=O)(=O)C2)c2c1C(c1ccc(Cl)cc1Cl)CC(=O)N2. The molecule has 4 rings (SSSR count). The number of nitrogens with one attached hydrogen (secondary N) is 1. The lowest BCUT2D eigenvalue weighted by Crippen LogP contribution is -2.26. The van der Waals surface area contributed by atoms with E-state index in [1.807, 2.05) is 13.0 Å². The average Bonchev–Trinajstić information content (AvgIpc) is 3.06. The number of benzene rings is 1. The van der Waals surface area contributed by atoms with Crippen molar-refractivity contribution in [3.8, 4) is 0 Å². The van der Waals surface area contributed by atoms with Crippen molar-refractivity contribution in [3.63, 3.8) is 0 Å². The number of nitrogens with zero attached hydrogens (tertiary/aromatic N) is 2. The number of carbonyl (C=O) groups is 1. The van der Waals surface area contributed by atoms with Gasteiger partial charge in [-0.2, -0.15) is 5.10 Å². The second-order valence-electron chi connectivity index (χ2n) is 6.82. The quantitative estimate of drug-likeness (QED) is 0.818. The van der Waals surface area contributed by atoms with Gasteiger partial charge < -0.3 is 5.32 Å². The first-order valence-electron chi connectivity index (χ1n) is 8.29. The highest BCUT2D eigenvalue weighted by Gasteiger charge is 2.37. The van der Waals surface area contributed by atoms with Crippen LogP contribution in [0.1, 0.15) is 41.6 Å². The Labute approximate surface area is 161 Å². The number of carbonyl (C=O) groups excluding carboxylic acids is 1. The highest BCUT2D eigenvalue weighted by molar-refractivity contribution is 7.91. The van der Waals surface area contributed by atoms with Gasteiger partial charge in [-0.3, -0.25) is 4.79 Å². The largest absolute Gasteiger partial charge is 0.311 e. The van der Waals surface area contributed by atoms with E-state index in [0.29, 0.717) is 22.3 Å². The molecular weight excluding hydrogens is 397 g/mol. The van der Waals surface area contributed by atoms with Gasteiger partial charge >= 0.3 is 0 Å². The van der Waals surface area contributed by atoms with Crippen LogP contribution in [-0.4, -0.2) is 35.6 Å². The molecule has 1 aromatic carbocycles. The number of anilines is 1. The predicted octanol–water partition coefficient (Wildman–Crippen LogP) is 3.33. The topological polar surface area (TPSA) is 81.1 Å². The van der Waals surface area contributed by atoms with E-state index < -0.39 is 9.84 Å². The summed E-state index contributed by atoms with van der Waals surface area (Å²) in [6.45, 7) is 1.87. The van der Waals surface area contributed by atoms with Gasteiger partial charge in [-0.05, 0) is 31.0 Å². The number of aryl methyl sites for hydroxylation is 1. The molecule has 0 bridgehead atoms. The van der Waals surface area contributed by atoms with Crippen molar-refractivity contribution in [2.24, 2.45) is 0 Å². The zero-order valence-corrected chi connectivity index (χ0v) is 16.3. The van der Waals surface area contributed by atoms with E-state index in [1.165, 1.54) is 0 Å². The number of aromatic nitrogens is 2. The van der Waals surface area contributed by atoms with E-state index in [0.717, 1.165) is 16.8 Å². The third-order valence-electron chi connectivity index (χ3n) is 5.02. The molecule has 0 spiro atoms. The first-order valence-corrected chi connectivity index (χ1v) is 10.9. The molecule has 1 fully saturated rings. The molecular formula is C17H17Cl2N3O3S. The van der Waals surface area contributed by atoms with Crippen molar-refractivity contribution >= 4 is 44.8 Å². The molecule has 2 aliphatic rings. The lowest BCUT2D eigenvalue weighted by Gasteiger charge is -2.26. The predicted molar refractivity (Wildman–Crippen MR) is 101 cm³/mol. The Balaban J connectivity index is 1.82. The van der Waals surface area contributed by atoms with Gasteiger partial charge in [-0.25, -0.2) is 13.1 Å². The Morgan fingerprint density at radius 2 is 2.08 bits per heavy atom. The van der Waals surface area contributed by atoms with Gasteiger partial charge in [0.15, 0.2) is 9.84 Å². The van der Waals surface area contributed by atoms with Gasteiger partial charge in [-0.15, -0.1) is 0 Å². The number of hydrogen-bond acceptors (Lipinski definition) is 4. The summed E-state index contributed by atoms with van der Waals surface area (Å²) in [7, 11) is -3.06. The number of halogens is 2. The van der Waals surface area contributed by atoms with Crippen LogP contribution in [0.3, 0.4) is 0 Å². The fourth-order valence-corrected chi connectivity index (χ4v) is 6.09. The minimum absolute atomic E-state index is 0.0444. The molecule has 0 aliphatic carbocycles. The molecule has 2 atom stereocenters. The van der Waals surface area contributed by atoms with Gasteiger partial charge in [0.1, 0.15) is 5.82 Å². The molecule has 1 aromatic heterocycles. The molecule has 1 amide bonds. The zero-order chi connectivity index (χ0) is 18.6. The summed E-state index contributed by atoms with van der Waals surface area (Å²) >= 11 is 12.4. The summed E-state index contributed by atoms with van der Waals surface area (Å²) in [5.41, 5.74) is 2.47. The standard InChI is InChI=1S/C17H17Cl2N3O3S/c1-9-16-13(12-3-2-10(18)6-14(12)19)7-15(23)20-17(16)22(21-9)11-4-5-26(24,25)8-11/h2-3,6,11,13H,4-5,7-8H2,1H3,(H,20,23). The highest BCUT2D eigenvalue weighted by atomic mass is 35.5. The summed E-state index contributed by atoms with van der Waals surface area (Å²) < 4.78 is 25.4. The van der Waals surface area contributed by atoms with Crippen molar-refractivity contribution < 1.29 is 13.2 Å². The van der Waals surface area contributed by atoms with Crippen LogP contribution < -0.4 is 5.32 Å². The molecule has 2 aliphatic heterocycles. The molecule has 0 radical (unpaired) electrons. The molecule has 2 unspecified atom stereocenters. The minimum atomic E-state index is -3.06. The number of sulfone groups is 1. The first kappa shape index (κ1) is 17.8. The second kappa shape index (κ2) is 6.25. The Kier molecular flexibility index (Phi) is 4.28. The second-order valence-corrected chi connectivity index (χ2v) is 9.89. The number of amides is 1. The van der Waals surface area contributed by atoms with Crippen LogP contribution in [0, 0.1) is 6.92 Å². The average molecular weight is 414 g/mol. The zero-order valence-electron chi connectivity index (χ0n) is 14.0. The maximum atomic E-state index is 12.4. The van der Waals surface area contributed by atoms with E-state index in [2.05, 4.69) is 10.4 Å². The maximum absolute atomic E-state index is 12.4. The monoisotopic (exact) mass is 413 g/mol.